The lowest BCUT2D eigenvalue weighted by atomic mass is 10.2. The molecule has 0 N–H and O–H groups in total. The van der Waals surface area contributed by atoms with Gasteiger partial charge in [0.2, 0.25) is 0 Å². The smallest absolute Gasteiger partial charge is 0.330 e. The molecular formula is C11H18O2. The Kier molecular flexibility index (Phi) is 8.31. The van der Waals surface area contributed by atoms with Gasteiger partial charge in [0, 0.05) is 6.08 Å². The molecule has 0 saturated heterocycles. The molecule has 0 aromatic carbocycles. The van der Waals surface area contributed by atoms with Crippen LogP contribution in [0.5, 0.6) is 0 Å². The van der Waals surface area contributed by atoms with E-state index in [1.165, 1.54) is 13.2 Å². The Balaban J connectivity index is 3.30. The third kappa shape index (κ3) is 8.86. The summed E-state index contributed by atoms with van der Waals surface area (Å²) in [5.74, 6) is -0.274. The molecule has 0 aliphatic rings. The molecule has 0 aliphatic heterocycles. The van der Waals surface area contributed by atoms with Crippen LogP contribution in [0, 0.1) is 0 Å². The highest BCUT2D eigenvalue weighted by atomic mass is 16.5. The van der Waals surface area contributed by atoms with E-state index < -0.39 is 0 Å². The third-order valence-electron chi connectivity index (χ3n) is 1.60. The van der Waals surface area contributed by atoms with Crippen LogP contribution in [0.1, 0.15) is 32.6 Å². The maximum Gasteiger partial charge on any atom is 0.330 e. The lowest BCUT2D eigenvalue weighted by Gasteiger charge is -1.91. The van der Waals surface area contributed by atoms with Gasteiger partial charge >= 0.3 is 5.97 Å². The Morgan fingerprint density at radius 1 is 1.23 bits per heavy atom. The van der Waals surface area contributed by atoms with Crippen molar-refractivity contribution in [2.24, 2.45) is 0 Å². The number of unbranched alkanes of at least 4 members (excludes halogenated alkanes) is 2. The monoisotopic (exact) mass is 182 g/mol. The zero-order valence-electron chi connectivity index (χ0n) is 8.45. The molecule has 0 aromatic rings. The van der Waals surface area contributed by atoms with Gasteiger partial charge in [-0.1, -0.05) is 25.2 Å². The van der Waals surface area contributed by atoms with Crippen LogP contribution in [0.2, 0.25) is 0 Å². The first kappa shape index (κ1) is 11.9. The second kappa shape index (κ2) is 9.04. The van der Waals surface area contributed by atoms with Crippen molar-refractivity contribution in [2.45, 2.75) is 32.6 Å². The van der Waals surface area contributed by atoms with Crippen LogP contribution >= 0.6 is 0 Å². The van der Waals surface area contributed by atoms with E-state index in [1.54, 1.807) is 0 Å². The molecular weight excluding hydrogens is 164 g/mol. The summed E-state index contributed by atoms with van der Waals surface area (Å²) in [6.07, 6.45) is 11.9. The molecule has 0 amide bonds. The molecule has 0 unspecified atom stereocenters. The number of esters is 1. The van der Waals surface area contributed by atoms with Gasteiger partial charge in [0.1, 0.15) is 0 Å². The molecule has 0 fully saturated rings. The number of carbonyl (C=O) groups is 1. The lowest BCUT2D eigenvalue weighted by Crippen LogP contribution is -1.93. The molecule has 13 heavy (non-hydrogen) atoms. The Morgan fingerprint density at radius 3 is 2.54 bits per heavy atom. The molecule has 74 valence electrons. The molecule has 0 heterocycles. The second-order valence-corrected chi connectivity index (χ2v) is 2.74. The first-order valence-corrected chi connectivity index (χ1v) is 4.70. The van der Waals surface area contributed by atoms with E-state index in [0.29, 0.717) is 0 Å². The summed E-state index contributed by atoms with van der Waals surface area (Å²) in [5, 5.41) is 0. The number of rotatable bonds is 6. The zero-order valence-corrected chi connectivity index (χ0v) is 8.45. The van der Waals surface area contributed by atoms with Crippen molar-refractivity contribution < 1.29 is 9.53 Å². The summed E-state index contributed by atoms with van der Waals surface area (Å²) in [5.41, 5.74) is 0. The van der Waals surface area contributed by atoms with Gasteiger partial charge in [-0.15, -0.1) is 0 Å². The zero-order chi connectivity index (χ0) is 9.94. The predicted octanol–water partition coefficient (Wildman–Crippen LogP) is 2.85. The summed E-state index contributed by atoms with van der Waals surface area (Å²) in [4.78, 5) is 10.6. The van der Waals surface area contributed by atoms with E-state index in [-0.39, 0.29) is 5.97 Å². The number of ether oxygens (including phenoxy) is 1. The van der Waals surface area contributed by atoms with Crippen molar-refractivity contribution in [3.05, 3.63) is 24.3 Å². The van der Waals surface area contributed by atoms with Crippen LogP contribution in [0.25, 0.3) is 0 Å². The van der Waals surface area contributed by atoms with Crippen LogP contribution < -0.4 is 0 Å². The van der Waals surface area contributed by atoms with E-state index in [9.17, 15) is 4.79 Å². The number of methoxy groups -OCH3 is 1. The third-order valence-corrected chi connectivity index (χ3v) is 1.60. The Morgan fingerprint density at radius 2 is 1.92 bits per heavy atom. The highest BCUT2D eigenvalue weighted by molar-refractivity contribution is 5.81. The van der Waals surface area contributed by atoms with E-state index in [0.717, 1.165) is 25.7 Å². The maximum atomic E-state index is 10.6. The topological polar surface area (TPSA) is 26.3 Å². The highest BCUT2D eigenvalue weighted by Crippen LogP contribution is 1.98. The van der Waals surface area contributed by atoms with Crippen molar-refractivity contribution in [2.75, 3.05) is 7.11 Å². The van der Waals surface area contributed by atoms with Gasteiger partial charge in [0.25, 0.3) is 0 Å². The molecule has 0 atom stereocenters. The number of hydrogen-bond donors (Lipinski definition) is 0. The van der Waals surface area contributed by atoms with Gasteiger partial charge in [0.15, 0.2) is 0 Å². The van der Waals surface area contributed by atoms with Crippen LogP contribution in [-0.4, -0.2) is 13.1 Å². The van der Waals surface area contributed by atoms with Crippen LogP contribution in [-0.2, 0) is 9.53 Å². The van der Waals surface area contributed by atoms with Gasteiger partial charge in [-0.25, -0.2) is 4.79 Å². The Hall–Kier alpha value is -1.05. The summed E-state index contributed by atoms with van der Waals surface area (Å²) < 4.78 is 4.46. The van der Waals surface area contributed by atoms with Crippen molar-refractivity contribution in [3.8, 4) is 0 Å². The molecule has 2 nitrogen and oxygen atoms in total. The molecule has 0 spiro atoms. The van der Waals surface area contributed by atoms with Crippen LogP contribution in [0.3, 0.4) is 0 Å². The van der Waals surface area contributed by atoms with E-state index in [2.05, 4.69) is 23.8 Å². The number of allylic oxidation sites excluding steroid dienone is 3. The van der Waals surface area contributed by atoms with Crippen molar-refractivity contribution in [1.29, 1.82) is 0 Å². The van der Waals surface area contributed by atoms with Crippen molar-refractivity contribution in [3.63, 3.8) is 0 Å². The molecule has 0 saturated carbocycles. The standard InChI is InChI=1S/C11H18O2/c1-3-4-5-6-7-8-9-10-11(12)13-2/h4-5,9-10H,3,6-8H2,1-2H3/b5-4-,10-9+. The minimum Gasteiger partial charge on any atom is -0.466 e. The molecule has 0 radical (unpaired) electrons. The Labute approximate surface area is 80.3 Å². The van der Waals surface area contributed by atoms with Gasteiger partial charge in [-0.2, -0.15) is 0 Å². The molecule has 0 rings (SSSR count). The van der Waals surface area contributed by atoms with Gasteiger partial charge in [-0.3, -0.25) is 0 Å². The SMILES string of the molecule is CC/C=C\CCC/C=C/C(=O)OC. The van der Waals surface area contributed by atoms with Crippen LogP contribution in [0.15, 0.2) is 24.3 Å². The van der Waals surface area contributed by atoms with E-state index >= 15 is 0 Å². The molecule has 0 bridgehead atoms. The highest BCUT2D eigenvalue weighted by Gasteiger charge is 1.88. The quantitative estimate of drug-likeness (QED) is 0.273. The van der Waals surface area contributed by atoms with Crippen LogP contribution in [0.4, 0.5) is 0 Å². The van der Waals surface area contributed by atoms with E-state index in [1.807, 2.05) is 6.08 Å². The first-order valence-electron chi connectivity index (χ1n) is 4.70. The lowest BCUT2D eigenvalue weighted by molar-refractivity contribution is -0.134. The maximum absolute atomic E-state index is 10.6. The van der Waals surface area contributed by atoms with Gasteiger partial charge < -0.3 is 4.74 Å². The second-order valence-electron chi connectivity index (χ2n) is 2.74. The normalized spacial score (nSPS) is 11.2. The average molecular weight is 182 g/mol. The summed E-state index contributed by atoms with van der Waals surface area (Å²) >= 11 is 0. The summed E-state index contributed by atoms with van der Waals surface area (Å²) in [6, 6.07) is 0. The molecule has 0 aromatic heterocycles. The largest absolute Gasteiger partial charge is 0.466 e. The first-order chi connectivity index (χ1) is 6.31. The van der Waals surface area contributed by atoms with Gasteiger partial charge in [0.05, 0.1) is 7.11 Å². The van der Waals surface area contributed by atoms with Gasteiger partial charge in [-0.05, 0) is 25.7 Å². The number of hydrogen-bond acceptors (Lipinski definition) is 2. The molecule has 0 aliphatic carbocycles. The fraction of sp³-hybridized carbons (Fsp3) is 0.545. The summed E-state index contributed by atoms with van der Waals surface area (Å²) in [7, 11) is 1.39. The van der Waals surface area contributed by atoms with Crippen molar-refractivity contribution in [1.82, 2.24) is 0 Å². The van der Waals surface area contributed by atoms with E-state index in [4.69, 9.17) is 0 Å². The fourth-order valence-electron chi connectivity index (χ4n) is 0.886. The summed E-state index contributed by atoms with van der Waals surface area (Å²) in [6.45, 7) is 2.12. The minimum absolute atomic E-state index is 0.274. The average Bonchev–Trinajstić information content (AvgIpc) is 2.16. The van der Waals surface area contributed by atoms with Crippen molar-refractivity contribution >= 4 is 5.97 Å². The fourth-order valence-corrected chi connectivity index (χ4v) is 0.886. The number of carbonyl (C=O) groups excluding carboxylic acids is 1. The predicted molar refractivity (Wildman–Crippen MR) is 54.4 cm³/mol. The molecule has 2 heteroatoms. The minimum atomic E-state index is -0.274. The Bertz CT molecular complexity index is 181.